The minimum atomic E-state index is -0.0641. The zero-order valence-electron chi connectivity index (χ0n) is 17.0. The quantitative estimate of drug-likeness (QED) is 0.731. The Kier molecular flexibility index (Phi) is 5.20. The van der Waals surface area contributed by atoms with Gasteiger partial charge in [-0.2, -0.15) is 4.98 Å². The van der Waals surface area contributed by atoms with Gasteiger partial charge in [0.05, 0.1) is 6.26 Å². The van der Waals surface area contributed by atoms with E-state index in [0.717, 1.165) is 17.2 Å². The van der Waals surface area contributed by atoms with Crippen LogP contribution in [-0.2, 0) is 0 Å². The fraction of sp³-hybridized carbons (Fsp3) is 0.318. The molecule has 0 spiro atoms. The number of hydrogen-bond donors (Lipinski definition) is 1. The second-order valence-electron chi connectivity index (χ2n) is 7.32. The van der Waals surface area contributed by atoms with E-state index in [-0.39, 0.29) is 5.91 Å². The lowest BCUT2D eigenvalue weighted by Gasteiger charge is -2.35. The first kappa shape index (κ1) is 19.0. The highest BCUT2D eigenvalue weighted by molar-refractivity contribution is 5.91. The molecule has 0 bridgehead atoms. The molecule has 150 valence electrons. The van der Waals surface area contributed by atoms with Crippen LogP contribution in [0.1, 0.15) is 27.4 Å². The fourth-order valence-corrected chi connectivity index (χ4v) is 3.47. The van der Waals surface area contributed by atoms with E-state index in [4.69, 9.17) is 9.40 Å². The third kappa shape index (κ3) is 4.08. The van der Waals surface area contributed by atoms with Crippen LogP contribution in [0.3, 0.4) is 0 Å². The number of carbonyl (C=O) groups is 1. The molecular weight excluding hydrogens is 366 g/mol. The molecule has 1 amide bonds. The molecule has 0 saturated carbocycles. The van der Waals surface area contributed by atoms with Crippen molar-refractivity contribution in [3.05, 3.63) is 65.2 Å². The highest BCUT2D eigenvalue weighted by Crippen LogP contribution is 2.23. The first-order valence-electron chi connectivity index (χ1n) is 9.78. The molecule has 7 heteroatoms. The SMILES string of the molecule is Cc1cc(N2CCN(C(=O)c3ccco3)CC2)nc(Nc2cccc(C)c2C)n1. The van der Waals surface area contributed by atoms with Crippen LogP contribution in [0.2, 0.25) is 0 Å². The molecule has 2 aromatic heterocycles. The van der Waals surface area contributed by atoms with E-state index in [0.29, 0.717) is 37.9 Å². The molecule has 1 N–H and O–H groups in total. The topological polar surface area (TPSA) is 74.5 Å². The van der Waals surface area contributed by atoms with Crippen molar-refractivity contribution in [2.24, 2.45) is 0 Å². The van der Waals surface area contributed by atoms with Crippen LogP contribution in [0.5, 0.6) is 0 Å². The molecule has 0 aliphatic carbocycles. The Bertz CT molecular complexity index is 1010. The molecule has 1 fully saturated rings. The second-order valence-corrected chi connectivity index (χ2v) is 7.32. The summed E-state index contributed by atoms with van der Waals surface area (Å²) in [7, 11) is 0. The molecule has 7 nitrogen and oxygen atoms in total. The van der Waals surface area contributed by atoms with Gasteiger partial charge in [-0.3, -0.25) is 4.79 Å². The maximum absolute atomic E-state index is 12.5. The Morgan fingerprint density at radius 2 is 1.83 bits per heavy atom. The largest absolute Gasteiger partial charge is 0.459 e. The van der Waals surface area contributed by atoms with Crippen LogP contribution in [-0.4, -0.2) is 47.0 Å². The number of aryl methyl sites for hydroxylation is 2. The lowest BCUT2D eigenvalue weighted by atomic mass is 10.1. The molecule has 1 saturated heterocycles. The van der Waals surface area contributed by atoms with Crippen molar-refractivity contribution >= 4 is 23.4 Å². The average molecular weight is 391 g/mol. The van der Waals surface area contributed by atoms with E-state index in [1.54, 1.807) is 12.1 Å². The molecule has 1 aliphatic rings. The predicted octanol–water partition coefficient (Wildman–Crippen LogP) is 3.70. The summed E-state index contributed by atoms with van der Waals surface area (Å²) in [4.78, 5) is 25.7. The van der Waals surface area contributed by atoms with Crippen molar-refractivity contribution < 1.29 is 9.21 Å². The van der Waals surface area contributed by atoms with E-state index >= 15 is 0 Å². The van der Waals surface area contributed by atoms with Crippen LogP contribution in [0, 0.1) is 20.8 Å². The number of nitrogens with one attached hydrogen (secondary N) is 1. The van der Waals surface area contributed by atoms with Gasteiger partial charge in [-0.1, -0.05) is 12.1 Å². The average Bonchev–Trinajstić information content (AvgIpc) is 3.25. The minimum Gasteiger partial charge on any atom is -0.459 e. The molecule has 3 heterocycles. The van der Waals surface area contributed by atoms with Gasteiger partial charge in [-0.05, 0) is 50.1 Å². The van der Waals surface area contributed by atoms with Crippen molar-refractivity contribution in [1.29, 1.82) is 0 Å². The summed E-state index contributed by atoms with van der Waals surface area (Å²) < 4.78 is 5.23. The second kappa shape index (κ2) is 7.95. The standard InChI is InChI=1S/C22H25N5O2/c1-15-6-4-7-18(17(15)3)24-22-23-16(2)14-20(25-22)26-9-11-27(12-10-26)21(28)19-8-5-13-29-19/h4-8,13-14H,9-12H2,1-3H3,(H,23,24,25). The molecule has 1 aromatic carbocycles. The highest BCUT2D eigenvalue weighted by Gasteiger charge is 2.24. The van der Waals surface area contributed by atoms with E-state index in [1.165, 1.54) is 17.4 Å². The molecule has 3 aromatic rings. The summed E-state index contributed by atoms with van der Waals surface area (Å²) >= 11 is 0. The smallest absolute Gasteiger partial charge is 0.289 e. The summed E-state index contributed by atoms with van der Waals surface area (Å²) in [5, 5.41) is 3.35. The Labute approximate surface area is 170 Å². The number of amides is 1. The van der Waals surface area contributed by atoms with Crippen molar-refractivity contribution in [2.75, 3.05) is 36.4 Å². The van der Waals surface area contributed by atoms with Gasteiger partial charge >= 0.3 is 0 Å². The predicted molar refractivity (Wildman–Crippen MR) is 113 cm³/mol. The number of piperazine rings is 1. The van der Waals surface area contributed by atoms with Gasteiger partial charge in [0.2, 0.25) is 5.95 Å². The lowest BCUT2D eigenvalue weighted by molar-refractivity contribution is 0.0714. The van der Waals surface area contributed by atoms with Crippen LogP contribution >= 0.6 is 0 Å². The molecule has 0 radical (unpaired) electrons. The Morgan fingerprint density at radius 1 is 1.03 bits per heavy atom. The molecular formula is C22H25N5O2. The lowest BCUT2D eigenvalue weighted by Crippen LogP contribution is -2.49. The van der Waals surface area contributed by atoms with Crippen molar-refractivity contribution in [3.8, 4) is 0 Å². The van der Waals surface area contributed by atoms with Gasteiger partial charge in [0.1, 0.15) is 5.82 Å². The Hall–Kier alpha value is -3.35. The van der Waals surface area contributed by atoms with Crippen molar-refractivity contribution in [3.63, 3.8) is 0 Å². The zero-order chi connectivity index (χ0) is 20.4. The fourth-order valence-electron chi connectivity index (χ4n) is 3.47. The van der Waals surface area contributed by atoms with Crippen LogP contribution in [0.25, 0.3) is 0 Å². The maximum atomic E-state index is 12.5. The number of nitrogens with zero attached hydrogens (tertiary/aromatic N) is 4. The number of hydrogen-bond acceptors (Lipinski definition) is 6. The number of rotatable bonds is 4. The van der Waals surface area contributed by atoms with E-state index in [9.17, 15) is 4.79 Å². The van der Waals surface area contributed by atoms with Gasteiger partial charge in [-0.25, -0.2) is 4.98 Å². The third-order valence-corrected chi connectivity index (χ3v) is 5.31. The number of aromatic nitrogens is 2. The van der Waals surface area contributed by atoms with Crippen LogP contribution in [0.4, 0.5) is 17.5 Å². The molecule has 0 atom stereocenters. The maximum Gasteiger partial charge on any atom is 0.289 e. The number of benzene rings is 1. The van der Waals surface area contributed by atoms with Gasteiger partial charge in [0.25, 0.3) is 5.91 Å². The van der Waals surface area contributed by atoms with Gasteiger partial charge in [0.15, 0.2) is 5.76 Å². The molecule has 0 unspecified atom stereocenters. The Morgan fingerprint density at radius 3 is 2.55 bits per heavy atom. The zero-order valence-corrected chi connectivity index (χ0v) is 17.0. The summed E-state index contributed by atoms with van der Waals surface area (Å²) in [6.45, 7) is 8.83. The normalized spacial score (nSPS) is 14.2. The minimum absolute atomic E-state index is 0.0641. The van der Waals surface area contributed by atoms with E-state index in [2.05, 4.69) is 35.1 Å². The monoisotopic (exact) mass is 391 g/mol. The van der Waals surface area contributed by atoms with Gasteiger partial charge in [0, 0.05) is 43.6 Å². The van der Waals surface area contributed by atoms with Gasteiger partial charge < -0.3 is 19.5 Å². The number of anilines is 3. The first-order valence-corrected chi connectivity index (χ1v) is 9.78. The molecule has 4 rings (SSSR count). The summed E-state index contributed by atoms with van der Waals surface area (Å²) in [5.74, 6) is 1.78. The van der Waals surface area contributed by atoms with Gasteiger partial charge in [-0.15, -0.1) is 0 Å². The van der Waals surface area contributed by atoms with Crippen LogP contribution < -0.4 is 10.2 Å². The van der Waals surface area contributed by atoms with Crippen molar-refractivity contribution in [2.45, 2.75) is 20.8 Å². The first-order chi connectivity index (χ1) is 14.0. The molecule has 1 aliphatic heterocycles. The summed E-state index contributed by atoms with van der Waals surface area (Å²) in [6, 6.07) is 11.6. The third-order valence-electron chi connectivity index (χ3n) is 5.31. The van der Waals surface area contributed by atoms with E-state index in [1.807, 2.05) is 30.0 Å². The number of furan rings is 1. The van der Waals surface area contributed by atoms with Crippen molar-refractivity contribution in [1.82, 2.24) is 14.9 Å². The summed E-state index contributed by atoms with van der Waals surface area (Å²) in [6.07, 6.45) is 1.53. The van der Waals surface area contributed by atoms with Crippen LogP contribution in [0.15, 0.2) is 47.1 Å². The highest BCUT2D eigenvalue weighted by atomic mass is 16.3. The molecule has 29 heavy (non-hydrogen) atoms. The number of carbonyl (C=O) groups excluding carboxylic acids is 1. The summed E-state index contributed by atoms with van der Waals surface area (Å²) in [5.41, 5.74) is 4.32. The Balaban J connectivity index is 1.47. The van der Waals surface area contributed by atoms with E-state index < -0.39 is 0 Å².